The highest BCUT2D eigenvalue weighted by atomic mass is 32.1. The predicted molar refractivity (Wildman–Crippen MR) is 83.6 cm³/mol. The molecular weight excluding hydrogens is 291 g/mol. The zero-order valence-corrected chi connectivity index (χ0v) is 13.0. The van der Waals surface area contributed by atoms with Crippen molar-refractivity contribution in [3.8, 4) is 0 Å². The molecule has 0 fully saturated rings. The molecule has 1 aromatic carbocycles. The van der Waals surface area contributed by atoms with Crippen molar-refractivity contribution in [2.24, 2.45) is 0 Å². The third kappa shape index (κ3) is 4.00. The quantitative estimate of drug-likeness (QED) is 0.772. The molecule has 114 valence electrons. The maximum Gasteiger partial charge on any atom is 0.261 e. The molecule has 2 aromatic rings. The van der Waals surface area contributed by atoms with E-state index in [1.165, 1.54) is 23.5 Å². The molecule has 2 rings (SSSR count). The van der Waals surface area contributed by atoms with Crippen molar-refractivity contribution >= 4 is 27.3 Å². The number of rotatable bonds is 7. The topological polar surface area (TPSA) is 50.4 Å². The first-order valence-corrected chi connectivity index (χ1v) is 7.61. The van der Waals surface area contributed by atoms with Crippen LogP contribution >= 0.6 is 11.3 Å². The minimum atomic E-state index is -0.280. The lowest BCUT2D eigenvalue weighted by atomic mass is 10.1. The number of hydrogen-bond acceptors (Lipinski definition) is 4. The van der Waals surface area contributed by atoms with Crippen LogP contribution in [0.5, 0.6) is 0 Å². The van der Waals surface area contributed by atoms with E-state index in [9.17, 15) is 9.18 Å². The monoisotopic (exact) mass is 310 g/mol. The van der Waals surface area contributed by atoms with Crippen LogP contribution in [-0.4, -0.2) is 39.3 Å². The number of fused-ring (bicyclic) bond motifs is 1. The average Bonchev–Trinajstić information content (AvgIpc) is 2.79. The van der Waals surface area contributed by atoms with Gasteiger partial charge in [0, 0.05) is 31.4 Å². The Bertz CT molecular complexity index is 627. The maximum absolute atomic E-state index is 13.3. The third-order valence-corrected chi connectivity index (χ3v) is 4.45. The van der Waals surface area contributed by atoms with E-state index in [-0.39, 0.29) is 11.7 Å². The molecule has 1 aromatic heterocycles. The lowest BCUT2D eigenvalue weighted by molar-refractivity contribution is 0.0957. The number of benzene rings is 1. The standard InChI is InChI=1S/C15H19FN2O2S/c1-10-12-9-11(16)3-4-13(12)21-14(10)15(19)18-6-5-17-7-8-20-2/h3-4,9,17H,5-8H2,1-2H3,(H,18,19). The van der Waals surface area contributed by atoms with E-state index >= 15 is 0 Å². The number of thiophene rings is 1. The van der Waals surface area contributed by atoms with Crippen LogP contribution in [0.3, 0.4) is 0 Å². The number of nitrogens with one attached hydrogen (secondary N) is 2. The smallest absolute Gasteiger partial charge is 0.261 e. The van der Waals surface area contributed by atoms with E-state index in [1.807, 2.05) is 6.92 Å². The van der Waals surface area contributed by atoms with Crippen molar-refractivity contribution in [3.63, 3.8) is 0 Å². The van der Waals surface area contributed by atoms with Crippen LogP contribution in [0.4, 0.5) is 4.39 Å². The first-order chi connectivity index (χ1) is 10.1. The molecule has 2 N–H and O–H groups in total. The van der Waals surface area contributed by atoms with Gasteiger partial charge in [0.15, 0.2) is 0 Å². The van der Waals surface area contributed by atoms with Crippen molar-refractivity contribution < 1.29 is 13.9 Å². The second kappa shape index (κ2) is 7.49. The molecule has 6 heteroatoms. The lowest BCUT2D eigenvalue weighted by Crippen LogP contribution is -2.32. The molecule has 4 nitrogen and oxygen atoms in total. The number of methoxy groups -OCH3 is 1. The van der Waals surface area contributed by atoms with Gasteiger partial charge in [-0.1, -0.05) is 0 Å². The number of ether oxygens (including phenoxy) is 1. The van der Waals surface area contributed by atoms with Crippen molar-refractivity contribution in [1.82, 2.24) is 10.6 Å². The van der Waals surface area contributed by atoms with Crippen LogP contribution in [0.15, 0.2) is 18.2 Å². The first-order valence-electron chi connectivity index (χ1n) is 6.80. The van der Waals surface area contributed by atoms with Gasteiger partial charge in [-0.25, -0.2) is 4.39 Å². The number of aryl methyl sites for hydroxylation is 1. The van der Waals surface area contributed by atoms with Crippen molar-refractivity contribution in [1.29, 1.82) is 0 Å². The normalized spacial score (nSPS) is 11.0. The summed E-state index contributed by atoms with van der Waals surface area (Å²) in [5.41, 5.74) is 0.833. The van der Waals surface area contributed by atoms with E-state index in [2.05, 4.69) is 10.6 Å². The highest BCUT2D eigenvalue weighted by molar-refractivity contribution is 7.21. The van der Waals surface area contributed by atoms with Gasteiger partial charge in [0.25, 0.3) is 5.91 Å². The molecule has 0 spiro atoms. The summed E-state index contributed by atoms with van der Waals surface area (Å²) in [6, 6.07) is 4.61. The summed E-state index contributed by atoms with van der Waals surface area (Å²) >= 11 is 1.39. The zero-order chi connectivity index (χ0) is 15.2. The minimum Gasteiger partial charge on any atom is -0.383 e. The molecule has 0 bridgehead atoms. The zero-order valence-electron chi connectivity index (χ0n) is 12.2. The lowest BCUT2D eigenvalue weighted by Gasteiger charge is -2.06. The largest absolute Gasteiger partial charge is 0.383 e. The second-order valence-electron chi connectivity index (χ2n) is 4.70. The number of hydrogen-bond donors (Lipinski definition) is 2. The Morgan fingerprint density at radius 2 is 2.14 bits per heavy atom. The fraction of sp³-hybridized carbons (Fsp3) is 0.400. The molecule has 1 amide bonds. The molecule has 21 heavy (non-hydrogen) atoms. The van der Waals surface area contributed by atoms with Gasteiger partial charge in [0.1, 0.15) is 5.82 Å². The number of halogens is 1. The molecule has 0 aliphatic carbocycles. The van der Waals surface area contributed by atoms with E-state index in [1.54, 1.807) is 13.2 Å². The van der Waals surface area contributed by atoms with Gasteiger partial charge < -0.3 is 15.4 Å². The molecule has 0 saturated heterocycles. The molecule has 1 heterocycles. The van der Waals surface area contributed by atoms with Crippen LogP contribution < -0.4 is 10.6 Å². The summed E-state index contributed by atoms with van der Waals surface area (Å²) in [6.07, 6.45) is 0. The van der Waals surface area contributed by atoms with E-state index < -0.39 is 0 Å². The Balaban J connectivity index is 1.95. The Labute approximate surface area is 127 Å². The summed E-state index contributed by atoms with van der Waals surface area (Å²) < 4.78 is 19.1. The van der Waals surface area contributed by atoms with E-state index in [0.717, 1.165) is 22.2 Å². The highest BCUT2D eigenvalue weighted by Crippen LogP contribution is 2.31. The Morgan fingerprint density at radius 3 is 2.90 bits per heavy atom. The van der Waals surface area contributed by atoms with Gasteiger partial charge in [0.05, 0.1) is 11.5 Å². The van der Waals surface area contributed by atoms with Crippen LogP contribution in [-0.2, 0) is 4.74 Å². The van der Waals surface area contributed by atoms with Gasteiger partial charge in [0.2, 0.25) is 0 Å². The Hall–Kier alpha value is -1.50. The molecule has 0 aliphatic heterocycles. The van der Waals surface area contributed by atoms with Crippen LogP contribution in [0.2, 0.25) is 0 Å². The van der Waals surface area contributed by atoms with Crippen LogP contribution in [0.25, 0.3) is 10.1 Å². The molecule has 0 saturated carbocycles. The minimum absolute atomic E-state index is 0.109. The van der Waals surface area contributed by atoms with Crippen molar-refractivity contribution in [3.05, 3.63) is 34.5 Å². The number of amides is 1. The number of carbonyl (C=O) groups is 1. The maximum atomic E-state index is 13.3. The third-order valence-electron chi connectivity index (χ3n) is 3.17. The SMILES string of the molecule is COCCNCCNC(=O)c1sc2ccc(F)cc2c1C. The van der Waals surface area contributed by atoms with Gasteiger partial charge in [-0.05, 0) is 36.1 Å². The van der Waals surface area contributed by atoms with Gasteiger partial charge in [-0.2, -0.15) is 0 Å². The summed E-state index contributed by atoms with van der Waals surface area (Å²) in [5.74, 6) is -0.389. The molecule has 0 aliphatic rings. The summed E-state index contributed by atoms with van der Waals surface area (Å²) in [7, 11) is 1.65. The van der Waals surface area contributed by atoms with Crippen molar-refractivity contribution in [2.45, 2.75) is 6.92 Å². The molecular formula is C15H19FN2O2S. The molecule has 0 unspecified atom stereocenters. The summed E-state index contributed by atoms with van der Waals surface area (Å²) in [6.45, 7) is 4.49. The number of carbonyl (C=O) groups excluding carboxylic acids is 1. The highest BCUT2D eigenvalue weighted by Gasteiger charge is 2.15. The average molecular weight is 310 g/mol. The fourth-order valence-electron chi connectivity index (χ4n) is 2.05. The Kier molecular flexibility index (Phi) is 5.67. The van der Waals surface area contributed by atoms with E-state index in [4.69, 9.17) is 4.74 Å². The fourth-order valence-corrected chi connectivity index (χ4v) is 3.16. The van der Waals surface area contributed by atoms with Gasteiger partial charge in [-0.3, -0.25) is 4.79 Å². The molecule has 0 atom stereocenters. The van der Waals surface area contributed by atoms with Gasteiger partial charge in [-0.15, -0.1) is 11.3 Å². The first kappa shape index (κ1) is 15.9. The second-order valence-corrected chi connectivity index (χ2v) is 5.75. The van der Waals surface area contributed by atoms with Crippen LogP contribution in [0, 0.1) is 12.7 Å². The van der Waals surface area contributed by atoms with E-state index in [0.29, 0.717) is 24.6 Å². The summed E-state index contributed by atoms with van der Waals surface area (Å²) in [4.78, 5) is 12.8. The molecule has 0 radical (unpaired) electrons. The summed E-state index contributed by atoms with van der Waals surface area (Å²) in [5, 5.41) is 6.83. The predicted octanol–water partition coefficient (Wildman–Crippen LogP) is 2.31. The van der Waals surface area contributed by atoms with Gasteiger partial charge >= 0.3 is 0 Å². The Morgan fingerprint density at radius 1 is 1.33 bits per heavy atom. The van der Waals surface area contributed by atoms with Crippen molar-refractivity contribution in [2.75, 3.05) is 33.4 Å². The van der Waals surface area contributed by atoms with Crippen LogP contribution in [0.1, 0.15) is 15.2 Å².